The lowest BCUT2D eigenvalue weighted by Crippen LogP contribution is -2.34. The largest absolute Gasteiger partial charge is 0.352 e. The fraction of sp³-hybridized carbons (Fsp3) is 0.320. The molecule has 0 saturated heterocycles. The Morgan fingerprint density at radius 2 is 1.77 bits per heavy atom. The van der Waals surface area contributed by atoms with Gasteiger partial charge in [-0.15, -0.1) is 0 Å². The SMILES string of the molecule is Cc1ccn(-c2cccc(C(C)C)c2)c(=O)c1C(=O)NCCCn1c(C)cccc1=O. The summed E-state index contributed by atoms with van der Waals surface area (Å²) in [6, 6.07) is 14.7. The van der Waals surface area contributed by atoms with Gasteiger partial charge in [-0.3, -0.25) is 19.0 Å². The first-order valence-corrected chi connectivity index (χ1v) is 10.6. The number of hydrogen-bond acceptors (Lipinski definition) is 3. The van der Waals surface area contributed by atoms with E-state index in [9.17, 15) is 14.4 Å². The Balaban J connectivity index is 1.76. The predicted octanol–water partition coefficient (Wildman–Crippen LogP) is 3.56. The number of nitrogens with zero attached hydrogens (tertiary/aromatic N) is 2. The Bertz CT molecular complexity index is 1210. The van der Waals surface area contributed by atoms with E-state index < -0.39 is 5.91 Å². The number of pyridine rings is 2. The van der Waals surface area contributed by atoms with Crippen LogP contribution in [0.3, 0.4) is 0 Å². The highest BCUT2D eigenvalue weighted by molar-refractivity contribution is 5.95. The molecule has 1 N–H and O–H groups in total. The molecule has 0 bridgehead atoms. The first-order chi connectivity index (χ1) is 14.8. The molecule has 3 rings (SSSR count). The van der Waals surface area contributed by atoms with Gasteiger partial charge in [0.1, 0.15) is 5.56 Å². The number of carbonyl (C=O) groups is 1. The maximum Gasteiger partial charge on any atom is 0.268 e. The highest BCUT2D eigenvalue weighted by atomic mass is 16.2. The normalized spacial score (nSPS) is 11.0. The number of nitrogens with one attached hydrogen (secondary N) is 1. The van der Waals surface area contributed by atoms with E-state index in [1.165, 1.54) is 10.6 Å². The van der Waals surface area contributed by atoms with Crippen LogP contribution in [0.5, 0.6) is 0 Å². The van der Waals surface area contributed by atoms with E-state index in [-0.39, 0.29) is 16.7 Å². The second kappa shape index (κ2) is 9.60. The number of rotatable bonds is 7. The van der Waals surface area contributed by atoms with Gasteiger partial charge in [-0.25, -0.2) is 0 Å². The van der Waals surface area contributed by atoms with Crippen LogP contribution in [0.15, 0.2) is 64.3 Å². The number of amides is 1. The highest BCUT2D eigenvalue weighted by Crippen LogP contribution is 2.17. The molecular weight excluding hydrogens is 390 g/mol. The van der Waals surface area contributed by atoms with Crippen molar-refractivity contribution in [3.05, 3.63) is 97.8 Å². The van der Waals surface area contributed by atoms with Crippen molar-refractivity contribution < 1.29 is 4.79 Å². The molecule has 0 aliphatic rings. The van der Waals surface area contributed by atoms with Crippen LogP contribution in [0.4, 0.5) is 0 Å². The molecule has 1 amide bonds. The smallest absolute Gasteiger partial charge is 0.268 e. The zero-order chi connectivity index (χ0) is 22.5. The Kier molecular flexibility index (Phi) is 6.90. The molecule has 6 nitrogen and oxygen atoms in total. The summed E-state index contributed by atoms with van der Waals surface area (Å²) >= 11 is 0. The van der Waals surface area contributed by atoms with Crippen LogP contribution in [0.2, 0.25) is 0 Å². The molecular formula is C25H29N3O3. The zero-order valence-corrected chi connectivity index (χ0v) is 18.5. The summed E-state index contributed by atoms with van der Waals surface area (Å²) in [4.78, 5) is 37.9. The minimum absolute atomic E-state index is 0.0586. The molecule has 0 unspecified atom stereocenters. The minimum Gasteiger partial charge on any atom is -0.352 e. The summed E-state index contributed by atoms with van der Waals surface area (Å²) in [6.07, 6.45) is 2.30. The molecule has 0 radical (unpaired) electrons. The zero-order valence-electron chi connectivity index (χ0n) is 18.5. The van der Waals surface area contributed by atoms with E-state index in [0.29, 0.717) is 31.0 Å². The lowest BCUT2D eigenvalue weighted by Gasteiger charge is -2.13. The average Bonchev–Trinajstić information content (AvgIpc) is 2.73. The number of carbonyl (C=O) groups excluding carboxylic acids is 1. The summed E-state index contributed by atoms with van der Waals surface area (Å²) in [5.74, 6) is -0.0568. The van der Waals surface area contributed by atoms with Crippen LogP contribution in [0.1, 0.15) is 53.4 Å². The first-order valence-electron chi connectivity index (χ1n) is 10.6. The lowest BCUT2D eigenvalue weighted by molar-refractivity contribution is 0.0950. The van der Waals surface area contributed by atoms with Gasteiger partial charge in [-0.1, -0.05) is 32.0 Å². The number of aryl methyl sites for hydroxylation is 2. The number of benzene rings is 1. The summed E-state index contributed by atoms with van der Waals surface area (Å²) < 4.78 is 3.19. The third kappa shape index (κ3) is 5.02. The molecule has 3 aromatic rings. The van der Waals surface area contributed by atoms with E-state index in [0.717, 1.165) is 16.9 Å². The Hall–Kier alpha value is -3.41. The van der Waals surface area contributed by atoms with Gasteiger partial charge in [0.15, 0.2) is 0 Å². The van der Waals surface area contributed by atoms with Gasteiger partial charge in [0.05, 0.1) is 0 Å². The second-order valence-corrected chi connectivity index (χ2v) is 8.07. The predicted molar refractivity (Wildman–Crippen MR) is 123 cm³/mol. The standard InChI is InChI=1S/C25H29N3O3/c1-17(2)20-9-6-10-21(16-20)28-15-12-18(3)23(25(28)31)24(30)26-13-7-14-27-19(4)8-5-11-22(27)29/h5-6,8-12,15-17H,7,13-14H2,1-4H3,(H,26,30). The van der Waals surface area contributed by atoms with Gasteiger partial charge in [-0.2, -0.15) is 0 Å². The molecule has 0 saturated carbocycles. The minimum atomic E-state index is -0.394. The third-order valence-electron chi connectivity index (χ3n) is 5.45. The van der Waals surface area contributed by atoms with E-state index in [2.05, 4.69) is 19.2 Å². The molecule has 31 heavy (non-hydrogen) atoms. The highest BCUT2D eigenvalue weighted by Gasteiger charge is 2.16. The number of aromatic nitrogens is 2. The first kappa shape index (κ1) is 22.3. The van der Waals surface area contributed by atoms with Crippen LogP contribution in [-0.4, -0.2) is 21.6 Å². The van der Waals surface area contributed by atoms with Crippen LogP contribution in [0, 0.1) is 13.8 Å². The van der Waals surface area contributed by atoms with Crippen molar-refractivity contribution in [1.29, 1.82) is 0 Å². The summed E-state index contributed by atoms with van der Waals surface area (Å²) in [5.41, 5.74) is 3.13. The molecule has 2 aromatic heterocycles. The summed E-state index contributed by atoms with van der Waals surface area (Å²) in [7, 11) is 0. The van der Waals surface area contributed by atoms with Crippen molar-refractivity contribution in [2.24, 2.45) is 0 Å². The Morgan fingerprint density at radius 1 is 1.03 bits per heavy atom. The Labute approximate surface area is 182 Å². The van der Waals surface area contributed by atoms with Crippen LogP contribution >= 0.6 is 0 Å². The fourth-order valence-corrected chi connectivity index (χ4v) is 3.58. The van der Waals surface area contributed by atoms with Crippen LogP contribution in [-0.2, 0) is 6.54 Å². The van der Waals surface area contributed by atoms with Crippen molar-refractivity contribution in [3.63, 3.8) is 0 Å². The van der Waals surface area contributed by atoms with Crippen molar-refractivity contribution in [2.45, 2.75) is 46.6 Å². The molecule has 0 atom stereocenters. The Morgan fingerprint density at radius 3 is 2.48 bits per heavy atom. The van der Waals surface area contributed by atoms with Crippen molar-refractivity contribution in [2.75, 3.05) is 6.54 Å². The van der Waals surface area contributed by atoms with Gasteiger partial charge in [0.25, 0.3) is 17.0 Å². The summed E-state index contributed by atoms with van der Waals surface area (Å²) in [5, 5.41) is 2.83. The second-order valence-electron chi connectivity index (χ2n) is 8.07. The van der Waals surface area contributed by atoms with E-state index in [1.54, 1.807) is 29.8 Å². The van der Waals surface area contributed by atoms with Crippen molar-refractivity contribution in [3.8, 4) is 5.69 Å². The average molecular weight is 420 g/mol. The molecule has 2 heterocycles. The van der Waals surface area contributed by atoms with Crippen molar-refractivity contribution >= 4 is 5.91 Å². The maximum absolute atomic E-state index is 13.1. The molecule has 6 heteroatoms. The fourth-order valence-electron chi connectivity index (χ4n) is 3.58. The quantitative estimate of drug-likeness (QED) is 0.595. The van der Waals surface area contributed by atoms with Gasteiger partial charge in [0, 0.05) is 36.7 Å². The van der Waals surface area contributed by atoms with Gasteiger partial charge in [-0.05, 0) is 61.6 Å². The van der Waals surface area contributed by atoms with Crippen LogP contribution in [0.25, 0.3) is 5.69 Å². The lowest BCUT2D eigenvalue weighted by atomic mass is 10.0. The van der Waals surface area contributed by atoms with Gasteiger partial charge >= 0.3 is 0 Å². The molecule has 162 valence electrons. The molecule has 0 aliphatic heterocycles. The number of hydrogen-bond donors (Lipinski definition) is 1. The van der Waals surface area contributed by atoms with E-state index in [4.69, 9.17) is 0 Å². The molecule has 0 fully saturated rings. The summed E-state index contributed by atoms with van der Waals surface area (Å²) in [6.45, 7) is 8.71. The monoisotopic (exact) mass is 419 g/mol. The molecule has 1 aromatic carbocycles. The van der Waals surface area contributed by atoms with E-state index >= 15 is 0 Å². The topological polar surface area (TPSA) is 73.1 Å². The molecule has 0 spiro atoms. The van der Waals surface area contributed by atoms with E-state index in [1.807, 2.05) is 37.3 Å². The van der Waals surface area contributed by atoms with Gasteiger partial charge in [0.2, 0.25) is 0 Å². The van der Waals surface area contributed by atoms with Crippen LogP contribution < -0.4 is 16.4 Å². The van der Waals surface area contributed by atoms with Crippen molar-refractivity contribution in [1.82, 2.24) is 14.5 Å². The third-order valence-corrected chi connectivity index (χ3v) is 5.45. The maximum atomic E-state index is 13.1. The molecule has 0 aliphatic carbocycles. The van der Waals surface area contributed by atoms with Gasteiger partial charge < -0.3 is 9.88 Å².